The minimum Gasteiger partial charge on any atom is -0.470 e. The monoisotopic (exact) mass is 384 g/mol. The Bertz CT molecular complexity index is 966. The van der Waals surface area contributed by atoms with Crippen LogP contribution in [0.3, 0.4) is 0 Å². The lowest BCUT2D eigenvalue weighted by atomic mass is 10.0. The predicted octanol–water partition coefficient (Wildman–Crippen LogP) is 2.24. The number of carbonyl (C=O) groups excluding carboxylic acids is 1. The number of rotatable bonds is 3. The molecule has 0 spiro atoms. The van der Waals surface area contributed by atoms with E-state index in [4.69, 9.17) is 10.00 Å². The molecule has 1 fully saturated rings. The van der Waals surface area contributed by atoms with Crippen LogP contribution in [-0.4, -0.2) is 51.3 Å². The smallest absolute Gasteiger partial charge is 0.341 e. The van der Waals surface area contributed by atoms with Crippen molar-refractivity contribution < 1.29 is 18.3 Å². The van der Waals surface area contributed by atoms with Crippen LogP contribution in [0.25, 0.3) is 0 Å². The minimum absolute atomic E-state index is 0.189. The van der Waals surface area contributed by atoms with E-state index in [1.54, 1.807) is 6.21 Å². The first-order chi connectivity index (χ1) is 13.5. The zero-order valence-electron chi connectivity index (χ0n) is 14.5. The van der Waals surface area contributed by atoms with Crippen molar-refractivity contribution in [1.29, 1.82) is 5.26 Å². The molecule has 10 heteroatoms. The Kier molecular flexibility index (Phi) is 4.57. The van der Waals surface area contributed by atoms with Crippen LogP contribution in [0.4, 0.5) is 13.6 Å². The molecule has 2 aliphatic heterocycles. The van der Waals surface area contributed by atoms with Crippen LogP contribution in [0.15, 0.2) is 35.7 Å². The van der Waals surface area contributed by atoms with Gasteiger partial charge in [-0.2, -0.15) is 10.4 Å². The van der Waals surface area contributed by atoms with Crippen molar-refractivity contribution in [1.82, 2.24) is 19.9 Å². The van der Waals surface area contributed by atoms with Gasteiger partial charge in [-0.05, 0) is 17.7 Å². The fraction of sp³-hybridized carbons (Fsp3) is 0.278. The SMILES string of the molecule is N#Cc1cc(OC2CN(C(=O)N3N=CCC3c3cc(F)cc(F)c3)C2)ncn1. The number of hydrogen-bond acceptors (Lipinski definition) is 6. The summed E-state index contributed by atoms with van der Waals surface area (Å²) in [5, 5.41) is 14.1. The number of aromatic nitrogens is 2. The third kappa shape index (κ3) is 3.46. The first-order valence-electron chi connectivity index (χ1n) is 8.49. The first kappa shape index (κ1) is 17.8. The van der Waals surface area contributed by atoms with Gasteiger partial charge in [0.25, 0.3) is 0 Å². The number of nitrogens with zero attached hydrogens (tertiary/aromatic N) is 6. The highest BCUT2D eigenvalue weighted by molar-refractivity contribution is 5.79. The number of carbonyl (C=O) groups is 1. The van der Waals surface area contributed by atoms with Crippen LogP contribution in [0, 0.1) is 23.0 Å². The Morgan fingerprint density at radius 3 is 2.64 bits per heavy atom. The number of benzene rings is 1. The molecule has 0 bridgehead atoms. The van der Waals surface area contributed by atoms with Crippen LogP contribution in [0.5, 0.6) is 5.88 Å². The van der Waals surface area contributed by atoms with Gasteiger partial charge in [-0.1, -0.05) is 0 Å². The fourth-order valence-electron chi connectivity index (χ4n) is 3.09. The molecule has 28 heavy (non-hydrogen) atoms. The van der Waals surface area contributed by atoms with Crippen molar-refractivity contribution in [3.05, 3.63) is 53.5 Å². The molecule has 4 rings (SSSR count). The van der Waals surface area contributed by atoms with E-state index in [-0.39, 0.29) is 23.7 Å². The average Bonchev–Trinajstić information content (AvgIpc) is 3.13. The minimum atomic E-state index is -0.701. The number of halogens is 2. The highest BCUT2D eigenvalue weighted by Gasteiger charge is 2.39. The topological polar surface area (TPSA) is 94.7 Å². The van der Waals surface area contributed by atoms with E-state index in [9.17, 15) is 13.6 Å². The number of nitriles is 1. The van der Waals surface area contributed by atoms with Gasteiger partial charge in [-0.15, -0.1) is 0 Å². The van der Waals surface area contributed by atoms with Gasteiger partial charge in [0.15, 0.2) is 0 Å². The number of likely N-dealkylation sites (tertiary alicyclic amines) is 1. The molecule has 2 amide bonds. The molecule has 0 aliphatic carbocycles. The molecule has 2 aromatic rings. The van der Waals surface area contributed by atoms with Crippen molar-refractivity contribution >= 4 is 12.2 Å². The maximum Gasteiger partial charge on any atom is 0.341 e. The van der Waals surface area contributed by atoms with Gasteiger partial charge in [0, 0.05) is 24.8 Å². The zero-order chi connectivity index (χ0) is 19.7. The third-order valence-electron chi connectivity index (χ3n) is 4.46. The maximum atomic E-state index is 13.5. The molecular formula is C18H14F2N6O2. The Morgan fingerprint density at radius 2 is 1.93 bits per heavy atom. The summed E-state index contributed by atoms with van der Waals surface area (Å²) in [4.78, 5) is 21.9. The summed E-state index contributed by atoms with van der Waals surface area (Å²) >= 11 is 0. The summed E-state index contributed by atoms with van der Waals surface area (Å²) in [5.41, 5.74) is 0.538. The summed E-state index contributed by atoms with van der Waals surface area (Å²) in [6.07, 6.45) is 2.88. The average molecular weight is 384 g/mol. The lowest BCUT2D eigenvalue weighted by Crippen LogP contribution is -2.58. The number of amides is 2. The molecule has 1 aromatic carbocycles. The third-order valence-corrected chi connectivity index (χ3v) is 4.46. The summed E-state index contributed by atoms with van der Waals surface area (Å²) in [5.74, 6) is -1.14. The quantitative estimate of drug-likeness (QED) is 0.809. The molecule has 1 atom stereocenters. The van der Waals surface area contributed by atoms with E-state index in [1.165, 1.54) is 34.4 Å². The van der Waals surface area contributed by atoms with E-state index >= 15 is 0 Å². The molecular weight excluding hydrogens is 370 g/mol. The lowest BCUT2D eigenvalue weighted by molar-refractivity contribution is 0.0251. The molecule has 0 saturated carbocycles. The summed E-state index contributed by atoms with van der Waals surface area (Å²) in [6, 6.07) is 5.58. The van der Waals surface area contributed by atoms with E-state index in [0.29, 0.717) is 25.1 Å². The molecule has 0 radical (unpaired) electrons. The summed E-state index contributed by atoms with van der Waals surface area (Å²) in [6.45, 7) is 0.613. The van der Waals surface area contributed by atoms with Crippen molar-refractivity contribution in [3.63, 3.8) is 0 Å². The predicted molar refractivity (Wildman–Crippen MR) is 92.2 cm³/mol. The largest absolute Gasteiger partial charge is 0.470 e. The van der Waals surface area contributed by atoms with Gasteiger partial charge in [0.1, 0.15) is 35.8 Å². The van der Waals surface area contributed by atoms with Crippen LogP contribution in [0.2, 0.25) is 0 Å². The second kappa shape index (κ2) is 7.19. The lowest BCUT2D eigenvalue weighted by Gasteiger charge is -2.40. The van der Waals surface area contributed by atoms with Gasteiger partial charge < -0.3 is 9.64 Å². The Hall–Kier alpha value is -3.61. The molecule has 3 heterocycles. The van der Waals surface area contributed by atoms with Gasteiger partial charge >= 0.3 is 6.03 Å². The van der Waals surface area contributed by atoms with Crippen LogP contribution in [0.1, 0.15) is 23.7 Å². The van der Waals surface area contributed by atoms with Gasteiger partial charge in [-0.3, -0.25) is 0 Å². The molecule has 1 saturated heterocycles. The molecule has 1 unspecified atom stereocenters. The molecule has 142 valence electrons. The van der Waals surface area contributed by atoms with E-state index < -0.39 is 17.7 Å². The fourth-order valence-corrected chi connectivity index (χ4v) is 3.09. The standard InChI is InChI=1S/C18H14F2N6O2/c19-12-3-11(4-13(20)5-12)16-1-2-24-26(16)18(27)25-8-15(9-25)28-17-6-14(7-21)22-10-23-17/h2-6,10,15-16H,1,8-9H2. The van der Waals surface area contributed by atoms with E-state index in [1.807, 2.05) is 6.07 Å². The molecule has 1 aromatic heterocycles. The Morgan fingerprint density at radius 1 is 1.18 bits per heavy atom. The first-order valence-corrected chi connectivity index (χ1v) is 8.49. The molecule has 0 N–H and O–H groups in total. The second-order valence-electron chi connectivity index (χ2n) is 6.38. The number of ether oxygens (including phenoxy) is 1. The van der Waals surface area contributed by atoms with E-state index in [2.05, 4.69) is 15.1 Å². The maximum absolute atomic E-state index is 13.5. The van der Waals surface area contributed by atoms with Crippen LogP contribution < -0.4 is 4.74 Å². The summed E-state index contributed by atoms with van der Waals surface area (Å²) in [7, 11) is 0. The van der Waals surface area contributed by atoms with E-state index in [0.717, 1.165) is 6.07 Å². The molecule has 2 aliphatic rings. The van der Waals surface area contributed by atoms with Crippen molar-refractivity contribution in [3.8, 4) is 11.9 Å². The van der Waals surface area contributed by atoms with Gasteiger partial charge in [0.2, 0.25) is 5.88 Å². The summed E-state index contributed by atoms with van der Waals surface area (Å²) < 4.78 is 32.7. The normalized spacial score (nSPS) is 18.7. The van der Waals surface area contributed by atoms with Crippen LogP contribution >= 0.6 is 0 Å². The highest BCUT2D eigenvalue weighted by atomic mass is 19.1. The van der Waals surface area contributed by atoms with Crippen molar-refractivity contribution in [2.75, 3.05) is 13.1 Å². The van der Waals surface area contributed by atoms with Crippen molar-refractivity contribution in [2.45, 2.75) is 18.6 Å². The Balaban J connectivity index is 1.38. The number of urea groups is 1. The van der Waals surface area contributed by atoms with Crippen LogP contribution in [-0.2, 0) is 0 Å². The number of hydrazone groups is 1. The molecule has 8 nitrogen and oxygen atoms in total. The number of hydrogen-bond donors (Lipinski definition) is 0. The zero-order valence-corrected chi connectivity index (χ0v) is 14.5. The van der Waals surface area contributed by atoms with Gasteiger partial charge in [0.05, 0.1) is 19.1 Å². The second-order valence-corrected chi connectivity index (χ2v) is 6.38. The Labute approximate surface area is 158 Å². The van der Waals surface area contributed by atoms with Crippen molar-refractivity contribution in [2.24, 2.45) is 5.10 Å². The highest BCUT2D eigenvalue weighted by Crippen LogP contribution is 2.31. The van der Waals surface area contributed by atoms with Gasteiger partial charge in [-0.25, -0.2) is 28.6 Å².